The van der Waals surface area contributed by atoms with Crippen LogP contribution in [0.15, 0.2) is 30.3 Å². The van der Waals surface area contributed by atoms with Crippen molar-refractivity contribution in [3.05, 3.63) is 41.6 Å². The van der Waals surface area contributed by atoms with Crippen molar-refractivity contribution in [2.75, 3.05) is 5.73 Å². The average Bonchev–Trinajstić information content (AvgIpc) is 2.87. The number of primary amides is 1. The topological polar surface area (TPSA) is 111 Å². The van der Waals surface area contributed by atoms with Crippen molar-refractivity contribution < 1.29 is 4.79 Å². The number of carbonyl (C=O) groups is 1. The van der Waals surface area contributed by atoms with Crippen LogP contribution in [0, 0.1) is 0 Å². The highest BCUT2D eigenvalue weighted by Crippen LogP contribution is 2.34. The molecule has 5 N–H and O–H groups in total. The third-order valence-electron chi connectivity index (χ3n) is 3.81. The first-order valence-electron chi connectivity index (χ1n) is 7.32. The van der Waals surface area contributed by atoms with Gasteiger partial charge in [0.05, 0.1) is 5.39 Å². The summed E-state index contributed by atoms with van der Waals surface area (Å²) >= 11 is 0. The molecule has 0 spiro atoms. The van der Waals surface area contributed by atoms with Gasteiger partial charge in [-0.05, 0) is 29.3 Å². The van der Waals surface area contributed by atoms with Crippen LogP contribution in [0.25, 0.3) is 22.2 Å². The molecule has 0 bridgehead atoms. The number of nitrogen functional groups attached to an aromatic ring is 1. The molecule has 6 heteroatoms. The van der Waals surface area contributed by atoms with Crippen molar-refractivity contribution in [1.29, 1.82) is 0 Å². The monoisotopic (exact) mass is 309 g/mol. The molecule has 0 radical (unpaired) electrons. The van der Waals surface area contributed by atoms with Crippen LogP contribution in [0.2, 0.25) is 0 Å². The van der Waals surface area contributed by atoms with E-state index in [-0.39, 0.29) is 5.41 Å². The number of hydrogen-bond donors (Lipinski definition) is 3. The molecule has 3 rings (SSSR count). The minimum absolute atomic E-state index is 0.115. The molecule has 0 fully saturated rings. The summed E-state index contributed by atoms with van der Waals surface area (Å²) in [6.45, 7) is 6.29. The maximum atomic E-state index is 11.2. The molecule has 0 saturated carbocycles. The highest BCUT2D eigenvalue weighted by Gasteiger charge is 2.20. The Morgan fingerprint density at radius 1 is 1.17 bits per heavy atom. The van der Waals surface area contributed by atoms with Crippen LogP contribution in [-0.2, 0) is 5.41 Å². The second kappa shape index (κ2) is 5.08. The number of nitrogens with zero attached hydrogens (tertiary/aromatic N) is 2. The predicted molar refractivity (Wildman–Crippen MR) is 91.0 cm³/mol. The van der Waals surface area contributed by atoms with E-state index in [1.54, 1.807) is 12.1 Å². The Bertz CT molecular complexity index is 888. The fourth-order valence-corrected chi connectivity index (χ4v) is 2.48. The van der Waals surface area contributed by atoms with E-state index in [0.29, 0.717) is 17.0 Å². The molecule has 2 aromatic heterocycles. The highest BCUT2D eigenvalue weighted by molar-refractivity contribution is 6.00. The number of nitrogens with one attached hydrogen (secondary N) is 1. The summed E-state index contributed by atoms with van der Waals surface area (Å²) in [5.74, 6) is -0.0448. The minimum atomic E-state index is -0.449. The zero-order valence-electron chi connectivity index (χ0n) is 13.3. The molecule has 1 aromatic carbocycles. The smallest absolute Gasteiger partial charge is 0.248 e. The van der Waals surface area contributed by atoms with Gasteiger partial charge in [0.1, 0.15) is 0 Å². The lowest BCUT2D eigenvalue weighted by Gasteiger charge is -2.19. The van der Waals surface area contributed by atoms with E-state index < -0.39 is 5.91 Å². The maximum absolute atomic E-state index is 11.2. The second-order valence-electron chi connectivity index (χ2n) is 6.58. The van der Waals surface area contributed by atoms with E-state index in [0.717, 1.165) is 22.2 Å². The zero-order chi connectivity index (χ0) is 16.8. The molecule has 6 nitrogen and oxygen atoms in total. The van der Waals surface area contributed by atoms with Gasteiger partial charge in [-0.3, -0.25) is 9.89 Å². The van der Waals surface area contributed by atoms with Gasteiger partial charge in [0.15, 0.2) is 11.5 Å². The van der Waals surface area contributed by atoms with Gasteiger partial charge in [0, 0.05) is 16.7 Å². The first-order chi connectivity index (χ1) is 10.8. The van der Waals surface area contributed by atoms with Gasteiger partial charge in [-0.15, -0.1) is 0 Å². The Morgan fingerprint density at radius 2 is 1.83 bits per heavy atom. The molecular formula is C17H19N5O. The molecule has 0 atom stereocenters. The third kappa shape index (κ3) is 2.63. The Hall–Kier alpha value is -2.89. The van der Waals surface area contributed by atoms with Gasteiger partial charge < -0.3 is 11.5 Å². The van der Waals surface area contributed by atoms with Crippen molar-refractivity contribution in [3.8, 4) is 11.1 Å². The van der Waals surface area contributed by atoms with E-state index in [9.17, 15) is 4.79 Å². The standard InChI is InChI=1S/C17H19N5O/c1-17(2,3)12-8-11(13-14(18)21-22-16(13)20-12)9-4-6-10(7-5-9)15(19)23/h4-8H,1-3H3,(H2,19,23)(H3,18,20,21,22). The van der Waals surface area contributed by atoms with Crippen LogP contribution in [0.4, 0.5) is 5.82 Å². The van der Waals surface area contributed by atoms with Crippen molar-refractivity contribution in [2.24, 2.45) is 5.73 Å². The molecule has 0 unspecified atom stereocenters. The summed E-state index contributed by atoms with van der Waals surface area (Å²) in [4.78, 5) is 15.9. The number of aromatic nitrogens is 3. The first kappa shape index (κ1) is 15.0. The maximum Gasteiger partial charge on any atom is 0.248 e. The van der Waals surface area contributed by atoms with Gasteiger partial charge in [0.25, 0.3) is 0 Å². The molecular weight excluding hydrogens is 290 g/mol. The fraction of sp³-hybridized carbons (Fsp3) is 0.235. The molecule has 0 aliphatic carbocycles. The predicted octanol–water partition coefficient (Wildman–Crippen LogP) is 2.60. The van der Waals surface area contributed by atoms with E-state index in [1.165, 1.54) is 0 Å². The Labute approximate surface area is 133 Å². The SMILES string of the molecule is CC(C)(C)c1cc(-c2ccc(C(N)=O)cc2)c2c(N)n[nH]c2n1. The van der Waals surface area contributed by atoms with Gasteiger partial charge in [-0.2, -0.15) is 5.10 Å². The number of H-pyrrole nitrogens is 1. The molecule has 1 amide bonds. The van der Waals surface area contributed by atoms with Crippen LogP contribution in [0.1, 0.15) is 36.8 Å². The molecule has 23 heavy (non-hydrogen) atoms. The summed E-state index contributed by atoms with van der Waals surface area (Å²) in [7, 11) is 0. The molecule has 2 heterocycles. The van der Waals surface area contributed by atoms with E-state index >= 15 is 0 Å². The fourth-order valence-electron chi connectivity index (χ4n) is 2.48. The molecule has 0 saturated heterocycles. The van der Waals surface area contributed by atoms with Crippen LogP contribution in [0.5, 0.6) is 0 Å². The normalized spacial score (nSPS) is 11.8. The molecule has 0 aliphatic heterocycles. The van der Waals surface area contributed by atoms with E-state index in [2.05, 4.69) is 36.0 Å². The average molecular weight is 309 g/mol. The number of pyridine rings is 1. The van der Waals surface area contributed by atoms with Gasteiger partial charge in [-0.25, -0.2) is 4.98 Å². The second-order valence-corrected chi connectivity index (χ2v) is 6.58. The number of aromatic amines is 1. The van der Waals surface area contributed by atoms with Crippen molar-refractivity contribution >= 4 is 22.8 Å². The van der Waals surface area contributed by atoms with Gasteiger partial charge >= 0.3 is 0 Å². The third-order valence-corrected chi connectivity index (χ3v) is 3.81. The van der Waals surface area contributed by atoms with Crippen molar-refractivity contribution in [2.45, 2.75) is 26.2 Å². The van der Waals surface area contributed by atoms with Crippen LogP contribution >= 0.6 is 0 Å². The lowest BCUT2D eigenvalue weighted by molar-refractivity contribution is 0.100. The Balaban J connectivity index is 2.26. The zero-order valence-corrected chi connectivity index (χ0v) is 13.3. The molecule has 118 valence electrons. The first-order valence-corrected chi connectivity index (χ1v) is 7.32. The number of fused-ring (bicyclic) bond motifs is 1. The number of anilines is 1. The van der Waals surface area contributed by atoms with Gasteiger partial charge in [0.2, 0.25) is 5.91 Å². The number of nitrogens with two attached hydrogens (primary N) is 2. The summed E-state index contributed by atoms with van der Waals surface area (Å²) in [5, 5.41) is 7.73. The van der Waals surface area contributed by atoms with Crippen LogP contribution < -0.4 is 11.5 Å². The van der Waals surface area contributed by atoms with Crippen LogP contribution in [0.3, 0.4) is 0 Å². The number of hydrogen-bond acceptors (Lipinski definition) is 4. The minimum Gasteiger partial charge on any atom is -0.382 e. The number of rotatable bonds is 2. The quantitative estimate of drug-likeness (QED) is 0.675. The summed E-state index contributed by atoms with van der Waals surface area (Å²) < 4.78 is 0. The van der Waals surface area contributed by atoms with E-state index in [4.69, 9.17) is 11.5 Å². The Morgan fingerprint density at radius 3 is 2.39 bits per heavy atom. The molecule has 0 aliphatic rings. The lowest BCUT2D eigenvalue weighted by Crippen LogP contribution is -2.14. The Kier molecular flexibility index (Phi) is 3.32. The van der Waals surface area contributed by atoms with Gasteiger partial charge in [-0.1, -0.05) is 32.9 Å². The number of carbonyl (C=O) groups excluding carboxylic acids is 1. The lowest BCUT2D eigenvalue weighted by atomic mass is 9.89. The number of benzene rings is 1. The number of amides is 1. The summed E-state index contributed by atoms with van der Waals surface area (Å²) in [6, 6.07) is 9.14. The van der Waals surface area contributed by atoms with Crippen molar-refractivity contribution in [3.63, 3.8) is 0 Å². The largest absolute Gasteiger partial charge is 0.382 e. The highest BCUT2D eigenvalue weighted by atomic mass is 16.1. The van der Waals surface area contributed by atoms with Crippen molar-refractivity contribution in [1.82, 2.24) is 15.2 Å². The van der Waals surface area contributed by atoms with E-state index in [1.807, 2.05) is 18.2 Å². The van der Waals surface area contributed by atoms with Crippen LogP contribution in [-0.4, -0.2) is 21.1 Å². The molecule has 3 aromatic rings. The summed E-state index contributed by atoms with van der Waals surface area (Å²) in [5.41, 5.74) is 15.1. The summed E-state index contributed by atoms with van der Waals surface area (Å²) in [6.07, 6.45) is 0.